The van der Waals surface area contributed by atoms with Crippen molar-refractivity contribution in [1.82, 2.24) is 15.2 Å². The lowest BCUT2D eigenvalue weighted by molar-refractivity contribution is -0.144. The minimum Gasteiger partial charge on any atom is -0.497 e. The number of carbonyl (C=O) groups excluding carboxylic acids is 2. The second kappa shape index (κ2) is 11.3. The van der Waals surface area contributed by atoms with Crippen LogP contribution in [0.3, 0.4) is 0 Å². The second-order valence-corrected chi connectivity index (χ2v) is 11.0. The number of allylic oxidation sites excluding steroid dienone is 1. The molecular weight excluding hydrogens is 538 g/mol. The van der Waals surface area contributed by atoms with Crippen LogP contribution in [0.4, 0.5) is 4.79 Å². The molecule has 0 unspecified atom stereocenters. The molecule has 1 saturated carbocycles. The van der Waals surface area contributed by atoms with E-state index in [0.717, 1.165) is 23.8 Å². The van der Waals surface area contributed by atoms with E-state index in [4.69, 9.17) is 19.2 Å². The van der Waals surface area contributed by atoms with Crippen LogP contribution in [0.2, 0.25) is 0 Å². The first-order valence-corrected chi connectivity index (χ1v) is 14.2. The fraction of sp³-hybridized carbons (Fsp3) is 0.375. The quantitative estimate of drug-likeness (QED) is 0.427. The van der Waals surface area contributed by atoms with Gasteiger partial charge in [0.2, 0.25) is 5.91 Å². The Morgan fingerprint density at radius 1 is 1.14 bits per heavy atom. The number of aliphatic carboxylic acids is 1. The number of ether oxygens (including phenoxy) is 3. The topological polar surface area (TPSA) is 127 Å². The largest absolute Gasteiger partial charge is 0.497 e. The van der Waals surface area contributed by atoms with Gasteiger partial charge in [-0.05, 0) is 37.8 Å². The molecule has 6 rings (SSSR count). The molecule has 0 spiro atoms. The van der Waals surface area contributed by atoms with Crippen molar-refractivity contribution in [2.24, 2.45) is 5.92 Å². The van der Waals surface area contributed by atoms with E-state index < -0.39 is 35.7 Å². The number of rotatable bonds is 5. The molecular formula is C32H33N3O7. The number of amides is 2. The van der Waals surface area contributed by atoms with E-state index >= 15 is 0 Å². The highest BCUT2D eigenvalue weighted by Crippen LogP contribution is 2.45. The van der Waals surface area contributed by atoms with Gasteiger partial charge in [0.25, 0.3) is 0 Å². The number of carboxylic acid groups (broad SMARTS) is 1. The number of cyclic esters (lactones) is 1. The molecule has 1 saturated heterocycles. The molecule has 10 heteroatoms. The maximum absolute atomic E-state index is 13.6. The highest BCUT2D eigenvalue weighted by molar-refractivity contribution is 5.94. The first-order chi connectivity index (χ1) is 20.4. The fourth-order valence-electron chi connectivity index (χ4n) is 5.80. The van der Waals surface area contributed by atoms with Gasteiger partial charge in [0.15, 0.2) is 0 Å². The van der Waals surface area contributed by atoms with Gasteiger partial charge in [-0.25, -0.2) is 14.6 Å². The normalized spacial score (nSPS) is 26.7. The SMILES string of the molecule is COc1ccc2c(O[C@@H]3C[C@H]4C(=O)N[C@@]5(C(=O)O)C[C@@H]5/C=C\CCCCOC(=O)N4C3)cc(-c3ccccc3)nc2c1. The molecule has 3 aromatic rings. The van der Waals surface area contributed by atoms with Gasteiger partial charge in [0, 0.05) is 35.4 Å². The lowest BCUT2D eigenvalue weighted by atomic mass is 10.1. The van der Waals surface area contributed by atoms with Gasteiger partial charge in [-0.15, -0.1) is 0 Å². The van der Waals surface area contributed by atoms with E-state index in [0.29, 0.717) is 35.6 Å². The molecule has 3 heterocycles. The maximum atomic E-state index is 13.6. The zero-order chi connectivity index (χ0) is 29.3. The number of nitrogens with one attached hydrogen (secondary N) is 1. The number of hydrogen-bond acceptors (Lipinski definition) is 7. The summed E-state index contributed by atoms with van der Waals surface area (Å²) >= 11 is 0. The first-order valence-electron chi connectivity index (χ1n) is 14.2. The number of pyridine rings is 1. The first kappa shape index (κ1) is 27.6. The minimum atomic E-state index is -1.36. The van der Waals surface area contributed by atoms with Gasteiger partial charge < -0.3 is 24.6 Å². The molecule has 2 N–H and O–H groups in total. The molecule has 0 radical (unpaired) electrons. The Hall–Kier alpha value is -4.60. The van der Waals surface area contributed by atoms with Crippen LogP contribution < -0.4 is 14.8 Å². The summed E-state index contributed by atoms with van der Waals surface area (Å²) in [7, 11) is 1.59. The molecule has 2 aromatic carbocycles. The number of methoxy groups -OCH3 is 1. The second-order valence-electron chi connectivity index (χ2n) is 11.0. The van der Waals surface area contributed by atoms with E-state index in [-0.39, 0.29) is 25.5 Å². The van der Waals surface area contributed by atoms with Crippen LogP contribution in [0, 0.1) is 5.92 Å². The van der Waals surface area contributed by atoms with Crippen LogP contribution in [0.25, 0.3) is 22.2 Å². The lowest BCUT2D eigenvalue weighted by Gasteiger charge is -2.25. The maximum Gasteiger partial charge on any atom is 0.410 e. The number of fused-ring (bicyclic) bond motifs is 3. The Morgan fingerprint density at radius 3 is 2.76 bits per heavy atom. The Bertz CT molecular complexity index is 1540. The Labute approximate surface area is 243 Å². The average molecular weight is 572 g/mol. The molecule has 4 atom stereocenters. The van der Waals surface area contributed by atoms with Crippen molar-refractivity contribution >= 4 is 28.9 Å². The van der Waals surface area contributed by atoms with Gasteiger partial charge >= 0.3 is 12.1 Å². The number of carboxylic acids is 1. The van der Waals surface area contributed by atoms with Crippen molar-refractivity contribution in [1.29, 1.82) is 0 Å². The number of nitrogens with zero attached hydrogens (tertiary/aromatic N) is 2. The standard InChI is InChI=1S/C32H33N3O7/c1-40-22-12-13-24-26(15-22)33-25(20-9-5-4-6-10-20)17-28(24)42-23-16-27-29(36)34-32(30(37)38)18-21(32)11-7-2-3-8-14-41-31(39)35(27)19-23/h4-7,9-13,15,17,21,23,27H,2-3,8,14,16,18-19H2,1H3,(H,34,36)(H,37,38)/b11-7-/t21-,23+,27-,32-/m0/s1. The molecule has 1 aromatic heterocycles. The molecule has 3 aliphatic rings. The van der Waals surface area contributed by atoms with E-state index in [1.165, 1.54) is 4.90 Å². The summed E-state index contributed by atoms with van der Waals surface area (Å²) in [5.74, 6) is -0.678. The van der Waals surface area contributed by atoms with E-state index in [1.807, 2.05) is 66.7 Å². The van der Waals surface area contributed by atoms with E-state index in [1.54, 1.807) is 7.11 Å². The Kier molecular flexibility index (Phi) is 7.45. The molecule has 1 aliphatic carbocycles. The summed E-state index contributed by atoms with van der Waals surface area (Å²) < 4.78 is 17.4. The third kappa shape index (κ3) is 5.36. The summed E-state index contributed by atoms with van der Waals surface area (Å²) in [4.78, 5) is 45.1. The highest BCUT2D eigenvalue weighted by atomic mass is 16.6. The predicted octanol–water partition coefficient (Wildman–Crippen LogP) is 4.57. The summed E-state index contributed by atoms with van der Waals surface area (Å²) in [6, 6.07) is 16.2. The summed E-state index contributed by atoms with van der Waals surface area (Å²) in [5.41, 5.74) is 0.926. The Balaban J connectivity index is 1.31. The van der Waals surface area contributed by atoms with Crippen molar-refractivity contribution in [3.8, 4) is 22.8 Å². The molecule has 10 nitrogen and oxygen atoms in total. The van der Waals surface area contributed by atoms with Crippen LogP contribution in [0.1, 0.15) is 32.1 Å². The van der Waals surface area contributed by atoms with Crippen molar-refractivity contribution in [2.75, 3.05) is 20.3 Å². The van der Waals surface area contributed by atoms with E-state index in [9.17, 15) is 19.5 Å². The van der Waals surface area contributed by atoms with Crippen LogP contribution in [-0.2, 0) is 14.3 Å². The average Bonchev–Trinajstić information content (AvgIpc) is 3.53. The number of benzene rings is 2. The molecule has 42 heavy (non-hydrogen) atoms. The molecule has 2 aliphatic heterocycles. The number of carbonyl (C=O) groups is 3. The van der Waals surface area contributed by atoms with Crippen LogP contribution >= 0.6 is 0 Å². The van der Waals surface area contributed by atoms with Crippen molar-refractivity contribution in [3.63, 3.8) is 0 Å². The summed E-state index contributed by atoms with van der Waals surface area (Å²) in [6.07, 6.45) is 5.38. The predicted molar refractivity (Wildman–Crippen MR) is 154 cm³/mol. The van der Waals surface area contributed by atoms with Crippen molar-refractivity contribution < 1.29 is 33.7 Å². The van der Waals surface area contributed by atoms with Gasteiger partial charge in [-0.2, -0.15) is 0 Å². The highest BCUT2D eigenvalue weighted by Gasteiger charge is 2.61. The number of hydrogen-bond donors (Lipinski definition) is 2. The van der Waals surface area contributed by atoms with E-state index in [2.05, 4.69) is 5.32 Å². The van der Waals surface area contributed by atoms with Crippen molar-refractivity contribution in [3.05, 3.63) is 66.7 Å². The third-order valence-corrected chi connectivity index (χ3v) is 8.24. The monoisotopic (exact) mass is 571 g/mol. The van der Waals surface area contributed by atoms with Gasteiger partial charge in [-0.3, -0.25) is 9.69 Å². The van der Waals surface area contributed by atoms with Gasteiger partial charge in [0.1, 0.15) is 29.2 Å². The lowest BCUT2D eigenvalue weighted by Crippen LogP contribution is -2.53. The molecule has 218 valence electrons. The summed E-state index contributed by atoms with van der Waals surface area (Å²) in [6.45, 7) is 0.351. The van der Waals surface area contributed by atoms with Crippen LogP contribution in [0.5, 0.6) is 11.5 Å². The molecule has 0 bridgehead atoms. The molecule has 2 amide bonds. The fourth-order valence-corrected chi connectivity index (χ4v) is 5.80. The van der Waals surface area contributed by atoms with Crippen molar-refractivity contribution in [2.45, 2.75) is 49.8 Å². The molecule has 2 fully saturated rings. The zero-order valence-corrected chi connectivity index (χ0v) is 23.3. The van der Waals surface area contributed by atoms with Gasteiger partial charge in [0.05, 0.1) is 31.5 Å². The smallest absolute Gasteiger partial charge is 0.410 e. The minimum absolute atomic E-state index is 0.112. The number of aromatic nitrogens is 1. The summed E-state index contributed by atoms with van der Waals surface area (Å²) in [5, 5.41) is 13.5. The zero-order valence-electron chi connectivity index (χ0n) is 23.3. The van der Waals surface area contributed by atoms with Crippen LogP contribution in [0.15, 0.2) is 66.7 Å². The van der Waals surface area contributed by atoms with Crippen LogP contribution in [-0.4, -0.2) is 70.9 Å². The Morgan fingerprint density at radius 2 is 1.98 bits per heavy atom. The third-order valence-electron chi connectivity index (χ3n) is 8.24. The van der Waals surface area contributed by atoms with Gasteiger partial charge in [-0.1, -0.05) is 42.5 Å².